The van der Waals surface area contributed by atoms with Crippen LogP contribution in [0.4, 0.5) is 5.69 Å². The van der Waals surface area contributed by atoms with Gasteiger partial charge in [0, 0.05) is 12.7 Å². The highest BCUT2D eigenvalue weighted by molar-refractivity contribution is 6.33. The summed E-state index contributed by atoms with van der Waals surface area (Å²) in [5.74, 6) is -0.815. The molecule has 2 heterocycles. The molecule has 4 nitrogen and oxygen atoms in total. The molecule has 1 atom stereocenters. The first-order chi connectivity index (χ1) is 8.05. The number of halogens is 1. The summed E-state index contributed by atoms with van der Waals surface area (Å²) >= 11 is 6.04. The fraction of sp³-hybridized carbons (Fsp3) is 0.500. The Balaban J connectivity index is 2.42. The van der Waals surface area contributed by atoms with E-state index < -0.39 is 11.5 Å². The van der Waals surface area contributed by atoms with E-state index in [1.54, 1.807) is 19.2 Å². The molecule has 1 fully saturated rings. The van der Waals surface area contributed by atoms with Crippen molar-refractivity contribution in [3.63, 3.8) is 0 Å². The van der Waals surface area contributed by atoms with Crippen molar-refractivity contribution in [2.24, 2.45) is 0 Å². The van der Waals surface area contributed by atoms with Crippen molar-refractivity contribution in [2.75, 3.05) is 11.4 Å². The number of hydrogen-bond acceptors (Lipinski definition) is 3. The summed E-state index contributed by atoms with van der Waals surface area (Å²) in [5.41, 5.74) is -0.192. The van der Waals surface area contributed by atoms with Crippen LogP contribution in [0.1, 0.15) is 26.2 Å². The number of aromatic nitrogens is 1. The second-order valence-electron chi connectivity index (χ2n) is 4.44. The molecule has 0 saturated carbocycles. The molecule has 17 heavy (non-hydrogen) atoms. The minimum Gasteiger partial charge on any atom is -0.480 e. The van der Waals surface area contributed by atoms with Crippen molar-refractivity contribution in [1.29, 1.82) is 0 Å². The molecule has 0 bridgehead atoms. The van der Waals surface area contributed by atoms with Crippen LogP contribution in [-0.4, -0.2) is 28.1 Å². The molecule has 1 aliphatic heterocycles. The quantitative estimate of drug-likeness (QED) is 0.879. The monoisotopic (exact) mass is 253 g/mol. The average molecular weight is 254 g/mol. The van der Waals surface area contributed by atoms with Crippen LogP contribution in [-0.2, 0) is 4.79 Å². The van der Waals surface area contributed by atoms with Crippen LogP contribution in [0.25, 0.3) is 0 Å². The Bertz CT molecular complexity index is 438. The van der Waals surface area contributed by atoms with Crippen molar-refractivity contribution in [3.8, 4) is 0 Å². The maximum Gasteiger partial charge on any atom is 0.329 e. The van der Waals surface area contributed by atoms with Crippen LogP contribution in [0.5, 0.6) is 0 Å². The number of carboxylic acids is 1. The maximum absolute atomic E-state index is 11.5. The summed E-state index contributed by atoms with van der Waals surface area (Å²) in [5, 5.41) is 9.79. The van der Waals surface area contributed by atoms with Gasteiger partial charge in [-0.1, -0.05) is 11.6 Å². The van der Waals surface area contributed by atoms with E-state index in [-0.39, 0.29) is 0 Å². The molecule has 1 unspecified atom stereocenters. The number of rotatable bonds is 2. The van der Waals surface area contributed by atoms with E-state index in [4.69, 9.17) is 11.6 Å². The molecule has 1 aromatic rings. The largest absolute Gasteiger partial charge is 0.480 e. The Morgan fingerprint density at radius 2 is 2.41 bits per heavy atom. The molecule has 1 radical (unpaired) electrons. The lowest BCUT2D eigenvalue weighted by Gasteiger charge is -2.43. The SMILES string of the molecule is CC1(C(=O)O)CCCCN1c1ccn[c]c1Cl. The predicted molar refractivity (Wildman–Crippen MR) is 65.3 cm³/mol. The number of carboxylic acid groups (broad SMARTS) is 1. The summed E-state index contributed by atoms with van der Waals surface area (Å²) in [7, 11) is 0. The lowest BCUT2D eigenvalue weighted by Crippen LogP contribution is -2.55. The first-order valence-electron chi connectivity index (χ1n) is 5.59. The van der Waals surface area contributed by atoms with Gasteiger partial charge in [-0.25, -0.2) is 4.79 Å². The topological polar surface area (TPSA) is 53.4 Å². The molecule has 5 heteroatoms. The Labute approximate surface area is 105 Å². The molecule has 1 aromatic heterocycles. The van der Waals surface area contributed by atoms with Crippen molar-refractivity contribution in [2.45, 2.75) is 31.7 Å². The van der Waals surface area contributed by atoms with Gasteiger partial charge in [0.1, 0.15) is 11.7 Å². The third-order valence-electron chi connectivity index (χ3n) is 3.34. The summed E-state index contributed by atoms with van der Waals surface area (Å²) in [4.78, 5) is 17.1. The second kappa shape index (κ2) is 4.53. The van der Waals surface area contributed by atoms with Gasteiger partial charge in [0.25, 0.3) is 0 Å². The van der Waals surface area contributed by atoms with Crippen LogP contribution in [0.3, 0.4) is 0 Å². The maximum atomic E-state index is 11.5. The zero-order chi connectivity index (χ0) is 12.5. The number of aliphatic carboxylic acids is 1. The van der Waals surface area contributed by atoms with Crippen molar-refractivity contribution in [1.82, 2.24) is 4.98 Å². The number of carbonyl (C=O) groups is 1. The standard InChI is InChI=1S/C12H14ClN2O2/c1-12(11(16)17)5-2-3-7-15(12)10-4-6-14-8-9(10)13/h4,6H,2-3,5,7H2,1H3,(H,16,17). The van der Waals surface area contributed by atoms with E-state index in [1.807, 2.05) is 4.90 Å². The lowest BCUT2D eigenvalue weighted by atomic mass is 9.88. The first kappa shape index (κ1) is 12.2. The molecule has 1 saturated heterocycles. The molecule has 2 rings (SSSR count). The van der Waals surface area contributed by atoms with E-state index in [1.165, 1.54) is 0 Å². The van der Waals surface area contributed by atoms with Crippen LogP contribution in [0.2, 0.25) is 5.02 Å². The Morgan fingerprint density at radius 1 is 1.65 bits per heavy atom. The minimum absolute atomic E-state index is 0.377. The van der Waals surface area contributed by atoms with E-state index >= 15 is 0 Å². The third-order valence-corrected chi connectivity index (χ3v) is 3.62. The summed E-state index contributed by atoms with van der Waals surface area (Å²) in [6.07, 6.45) is 6.76. The predicted octanol–water partition coefficient (Wildman–Crippen LogP) is 2.37. The Kier molecular flexibility index (Phi) is 3.24. The highest BCUT2D eigenvalue weighted by atomic mass is 35.5. The van der Waals surface area contributed by atoms with E-state index in [2.05, 4.69) is 11.2 Å². The van der Waals surface area contributed by atoms with Crippen LogP contribution in [0.15, 0.2) is 12.3 Å². The van der Waals surface area contributed by atoms with Crippen molar-refractivity contribution in [3.05, 3.63) is 23.5 Å². The normalized spacial score (nSPS) is 24.7. The van der Waals surface area contributed by atoms with E-state index in [0.29, 0.717) is 23.7 Å². The van der Waals surface area contributed by atoms with Gasteiger partial charge < -0.3 is 10.0 Å². The molecule has 0 aliphatic carbocycles. The third kappa shape index (κ3) is 2.09. The van der Waals surface area contributed by atoms with Crippen LogP contribution in [0, 0.1) is 6.20 Å². The Morgan fingerprint density at radius 3 is 3.06 bits per heavy atom. The van der Waals surface area contributed by atoms with Gasteiger partial charge in [0.15, 0.2) is 0 Å². The molecule has 1 aliphatic rings. The van der Waals surface area contributed by atoms with Crippen LogP contribution < -0.4 is 4.90 Å². The summed E-state index contributed by atoms with van der Waals surface area (Å²) < 4.78 is 0. The fourth-order valence-electron chi connectivity index (χ4n) is 2.27. The van der Waals surface area contributed by atoms with Crippen molar-refractivity contribution >= 4 is 23.3 Å². The first-order valence-corrected chi connectivity index (χ1v) is 5.97. The van der Waals surface area contributed by atoms with E-state index in [9.17, 15) is 9.90 Å². The number of piperidine rings is 1. The summed E-state index contributed by atoms with van der Waals surface area (Å²) in [6.45, 7) is 2.44. The number of hydrogen-bond donors (Lipinski definition) is 1. The van der Waals surface area contributed by atoms with Gasteiger partial charge in [-0.3, -0.25) is 4.98 Å². The fourth-order valence-corrected chi connectivity index (χ4v) is 2.48. The van der Waals surface area contributed by atoms with Gasteiger partial charge >= 0.3 is 5.97 Å². The van der Waals surface area contributed by atoms with Gasteiger partial charge in [0.2, 0.25) is 0 Å². The number of anilines is 1. The van der Waals surface area contributed by atoms with Crippen molar-refractivity contribution < 1.29 is 9.90 Å². The molecule has 0 aromatic carbocycles. The van der Waals surface area contributed by atoms with Crippen LogP contribution >= 0.6 is 11.6 Å². The lowest BCUT2D eigenvalue weighted by molar-refractivity contribution is -0.143. The summed E-state index contributed by atoms with van der Waals surface area (Å²) in [6, 6.07) is 1.74. The minimum atomic E-state index is -0.892. The number of pyridine rings is 1. The number of nitrogens with zero attached hydrogens (tertiary/aromatic N) is 2. The molecule has 91 valence electrons. The Hall–Kier alpha value is -1.29. The zero-order valence-electron chi connectivity index (χ0n) is 9.61. The highest BCUT2D eigenvalue weighted by Crippen LogP contribution is 2.36. The van der Waals surface area contributed by atoms with Gasteiger partial charge in [-0.2, -0.15) is 0 Å². The van der Waals surface area contributed by atoms with Gasteiger partial charge in [-0.05, 0) is 32.3 Å². The molecule has 0 spiro atoms. The smallest absolute Gasteiger partial charge is 0.329 e. The zero-order valence-corrected chi connectivity index (χ0v) is 10.4. The second-order valence-corrected chi connectivity index (χ2v) is 4.82. The molecular formula is C12H14ClN2O2. The van der Waals surface area contributed by atoms with Gasteiger partial charge in [-0.15, -0.1) is 0 Å². The molecule has 0 amide bonds. The molecule has 1 N–H and O–H groups in total. The highest BCUT2D eigenvalue weighted by Gasteiger charge is 2.42. The van der Waals surface area contributed by atoms with E-state index in [0.717, 1.165) is 12.8 Å². The average Bonchev–Trinajstić information content (AvgIpc) is 2.31. The molecular weight excluding hydrogens is 240 g/mol. The van der Waals surface area contributed by atoms with Gasteiger partial charge in [0.05, 0.1) is 10.7 Å².